The lowest BCUT2D eigenvalue weighted by atomic mass is 10.1. The van der Waals surface area contributed by atoms with E-state index in [9.17, 15) is 18.0 Å². The van der Waals surface area contributed by atoms with Crippen molar-refractivity contribution in [2.24, 2.45) is 0 Å². The van der Waals surface area contributed by atoms with Crippen molar-refractivity contribution >= 4 is 39.1 Å². The Morgan fingerprint density at radius 2 is 1.80 bits per heavy atom. The Kier molecular flexibility index (Phi) is 10.6. The molecule has 0 saturated heterocycles. The van der Waals surface area contributed by atoms with Gasteiger partial charge in [-0.05, 0) is 49.9 Å². The molecule has 0 unspecified atom stereocenters. The number of nitrogens with zero attached hydrogens (tertiary/aromatic N) is 2. The van der Waals surface area contributed by atoms with Crippen LogP contribution in [0, 0.1) is 13.8 Å². The number of anilines is 1. The molecule has 9 heteroatoms. The molecule has 7 nitrogen and oxygen atoms in total. The summed E-state index contributed by atoms with van der Waals surface area (Å²) in [5.74, 6) is -0.711. The monoisotopic (exact) mass is 521 g/mol. The number of nitrogens with one attached hydrogen (secondary N) is 1. The normalized spacial score (nSPS) is 12.2. The maximum Gasteiger partial charge on any atom is 0.244 e. The maximum absolute atomic E-state index is 13.7. The number of unbranched alkanes of at least 4 members (excludes halogenated alkanes) is 1. The molecule has 2 rings (SSSR count). The van der Waals surface area contributed by atoms with E-state index in [1.807, 2.05) is 52.0 Å². The summed E-state index contributed by atoms with van der Waals surface area (Å²) < 4.78 is 26.4. The Morgan fingerprint density at radius 3 is 2.37 bits per heavy atom. The fraction of sp³-hybridized carbons (Fsp3) is 0.462. The highest BCUT2D eigenvalue weighted by molar-refractivity contribution is 7.92. The predicted molar refractivity (Wildman–Crippen MR) is 142 cm³/mol. The van der Waals surface area contributed by atoms with Crippen LogP contribution in [0.4, 0.5) is 5.69 Å². The van der Waals surface area contributed by atoms with Crippen molar-refractivity contribution in [3.8, 4) is 0 Å². The van der Waals surface area contributed by atoms with Crippen molar-refractivity contribution in [3.63, 3.8) is 0 Å². The molecule has 0 spiro atoms. The summed E-state index contributed by atoms with van der Waals surface area (Å²) in [7, 11) is -3.80. The average Bonchev–Trinajstić information content (AvgIpc) is 2.78. The molecule has 0 aromatic heterocycles. The molecule has 2 amide bonds. The van der Waals surface area contributed by atoms with E-state index in [-0.39, 0.29) is 12.5 Å². The first kappa shape index (κ1) is 28.7. The minimum atomic E-state index is -3.80. The molecule has 2 aromatic rings. The smallest absolute Gasteiger partial charge is 0.244 e. The van der Waals surface area contributed by atoms with Gasteiger partial charge in [0.15, 0.2) is 0 Å². The summed E-state index contributed by atoms with van der Waals surface area (Å²) in [6.07, 6.45) is 3.22. The number of carbonyl (C=O) groups is 2. The average molecular weight is 522 g/mol. The van der Waals surface area contributed by atoms with Gasteiger partial charge in [-0.15, -0.1) is 0 Å². The first-order valence-corrected chi connectivity index (χ1v) is 14.1. The second-order valence-electron chi connectivity index (χ2n) is 8.78. The Bertz CT molecular complexity index is 1140. The van der Waals surface area contributed by atoms with Gasteiger partial charge in [-0.25, -0.2) is 8.42 Å². The molecule has 0 aliphatic rings. The first-order valence-electron chi connectivity index (χ1n) is 11.8. The highest BCUT2D eigenvalue weighted by Gasteiger charge is 2.31. The van der Waals surface area contributed by atoms with Crippen LogP contribution < -0.4 is 9.62 Å². The van der Waals surface area contributed by atoms with Crippen LogP contribution in [0.15, 0.2) is 42.5 Å². The summed E-state index contributed by atoms with van der Waals surface area (Å²) in [4.78, 5) is 28.2. The van der Waals surface area contributed by atoms with E-state index in [0.717, 1.165) is 40.1 Å². The number of rotatable bonds is 12. The zero-order valence-electron chi connectivity index (χ0n) is 21.2. The van der Waals surface area contributed by atoms with Crippen molar-refractivity contribution in [1.82, 2.24) is 10.2 Å². The zero-order valence-corrected chi connectivity index (χ0v) is 22.7. The quantitative estimate of drug-likeness (QED) is 0.418. The Labute approximate surface area is 214 Å². The highest BCUT2D eigenvalue weighted by Crippen LogP contribution is 2.25. The minimum absolute atomic E-state index is 0.187. The van der Waals surface area contributed by atoms with E-state index in [4.69, 9.17) is 11.6 Å². The molecular formula is C26H36ClN3O4S. The van der Waals surface area contributed by atoms with Crippen LogP contribution in [-0.2, 0) is 26.2 Å². The molecule has 0 aliphatic heterocycles. The van der Waals surface area contributed by atoms with Crippen molar-refractivity contribution in [2.45, 2.75) is 59.5 Å². The minimum Gasteiger partial charge on any atom is -0.354 e. The standard InChI is InChI=1S/C26H36ClN3O4S/c1-6-8-14-28-26(32)24(7-2)29(17-21-11-9-10-19(3)15-21)25(31)18-30(35(5,33)34)22-13-12-20(4)23(27)16-22/h9-13,15-16,24H,6-8,14,17-18H2,1-5H3,(H,28,32)/t24-/m1/s1. The Hall–Kier alpha value is -2.58. The van der Waals surface area contributed by atoms with Gasteiger partial charge in [0.25, 0.3) is 0 Å². The van der Waals surface area contributed by atoms with Gasteiger partial charge in [0.1, 0.15) is 12.6 Å². The van der Waals surface area contributed by atoms with Crippen LogP contribution in [0.25, 0.3) is 0 Å². The molecule has 0 aliphatic carbocycles. The molecule has 0 radical (unpaired) electrons. The van der Waals surface area contributed by atoms with Gasteiger partial charge >= 0.3 is 0 Å². The molecule has 1 atom stereocenters. The summed E-state index contributed by atoms with van der Waals surface area (Å²) in [5, 5.41) is 3.32. The number of carbonyl (C=O) groups excluding carboxylic acids is 2. The number of hydrogen-bond acceptors (Lipinski definition) is 4. The summed E-state index contributed by atoms with van der Waals surface area (Å²) in [6.45, 7) is 7.92. The Morgan fingerprint density at radius 1 is 1.09 bits per heavy atom. The number of aryl methyl sites for hydroxylation is 2. The van der Waals surface area contributed by atoms with E-state index in [1.54, 1.807) is 12.1 Å². The molecular weight excluding hydrogens is 486 g/mol. The van der Waals surface area contributed by atoms with E-state index in [2.05, 4.69) is 5.32 Å². The lowest BCUT2D eigenvalue weighted by molar-refractivity contribution is -0.140. The van der Waals surface area contributed by atoms with Gasteiger partial charge in [0.05, 0.1) is 11.9 Å². The van der Waals surface area contributed by atoms with Crippen LogP contribution in [0.3, 0.4) is 0 Å². The second kappa shape index (κ2) is 12.9. The SMILES string of the molecule is CCCCNC(=O)[C@@H](CC)N(Cc1cccc(C)c1)C(=O)CN(c1ccc(C)c(Cl)c1)S(C)(=O)=O. The number of hydrogen-bond donors (Lipinski definition) is 1. The molecule has 0 bridgehead atoms. The van der Waals surface area contributed by atoms with E-state index >= 15 is 0 Å². The lowest BCUT2D eigenvalue weighted by Crippen LogP contribution is -2.52. The van der Waals surface area contributed by atoms with Gasteiger partial charge in [0, 0.05) is 18.1 Å². The number of amides is 2. The summed E-state index contributed by atoms with van der Waals surface area (Å²) in [5.41, 5.74) is 2.99. The van der Waals surface area contributed by atoms with Gasteiger partial charge in [-0.3, -0.25) is 13.9 Å². The summed E-state index contributed by atoms with van der Waals surface area (Å²) in [6, 6.07) is 11.8. The van der Waals surface area contributed by atoms with Crippen LogP contribution in [0.5, 0.6) is 0 Å². The molecule has 0 fully saturated rings. The molecule has 0 saturated carbocycles. The van der Waals surface area contributed by atoms with E-state index < -0.39 is 28.5 Å². The van der Waals surface area contributed by atoms with Gasteiger partial charge < -0.3 is 10.2 Å². The molecule has 2 aromatic carbocycles. The Balaban J connectivity index is 2.42. The van der Waals surface area contributed by atoms with Crippen molar-refractivity contribution in [2.75, 3.05) is 23.7 Å². The third kappa shape index (κ3) is 8.25. The second-order valence-corrected chi connectivity index (χ2v) is 11.1. The third-order valence-electron chi connectivity index (χ3n) is 5.77. The molecule has 1 N–H and O–H groups in total. The number of benzene rings is 2. The molecule has 0 heterocycles. The largest absolute Gasteiger partial charge is 0.354 e. The van der Waals surface area contributed by atoms with Gasteiger partial charge in [-0.2, -0.15) is 0 Å². The third-order valence-corrected chi connectivity index (χ3v) is 7.32. The fourth-order valence-electron chi connectivity index (χ4n) is 3.78. The van der Waals surface area contributed by atoms with Crippen LogP contribution in [-0.4, -0.2) is 50.5 Å². The number of sulfonamides is 1. The first-order chi connectivity index (χ1) is 16.5. The summed E-state index contributed by atoms with van der Waals surface area (Å²) >= 11 is 6.23. The lowest BCUT2D eigenvalue weighted by Gasteiger charge is -2.33. The van der Waals surface area contributed by atoms with E-state index in [1.165, 1.54) is 11.0 Å². The van der Waals surface area contributed by atoms with Crippen LogP contribution in [0.2, 0.25) is 5.02 Å². The van der Waals surface area contributed by atoms with Crippen molar-refractivity contribution < 1.29 is 18.0 Å². The predicted octanol–water partition coefficient (Wildman–Crippen LogP) is 4.45. The van der Waals surface area contributed by atoms with Crippen LogP contribution in [0.1, 0.15) is 49.8 Å². The van der Waals surface area contributed by atoms with Gasteiger partial charge in [-0.1, -0.05) is 67.8 Å². The topological polar surface area (TPSA) is 86.8 Å². The molecule has 35 heavy (non-hydrogen) atoms. The molecule has 192 valence electrons. The highest BCUT2D eigenvalue weighted by atomic mass is 35.5. The maximum atomic E-state index is 13.7. The number of halogens is 1. The van der Waals surface area contributed by atoms with Crippen LogP contribution >= 0.6 is 11.6 Å². The fourth-order valence-corrected chi connectivity index (χ4v) is 4.80. The zero-order chi connectivity index (χ0) is 26.2. The van der Waals surface area contributed by atoms with Gasteiger partial charge in [0.2, 0.25) is 21.8 Å². The van der Waals surface area contributed by atoms with Crippen molar-refractivity contribution in [1.29, 1.82) is 0 Å². The van der Waals surface area contributed by atoms with E-state index in [0.29, 0.717) is 23.7 Å². The van der Waals surface area contributed by atoms with Crippen molar-refractivity contribution in [3.05, 3.63) is 64.2 Å².